The Morgan fingerprint density at radius 2 is 1.64 bits per heavy atom. The smallest absolute Gasteiger partial charge is 0.119 e. The minimum absolute atomic E-state index is 0. The first-order valence-electron chi connectivity index (χ1n) is 7.87. The van der Waals surface area contributed by atoms with Crippen LogP contribution in [0.3, 0.4) is 0 Å². The largest absolute Gasteiger partial charge is 0.492 e. The second-order valence-electron chi connectivity index (χ2n) is 5.71. The number of ether oxygens (including phenoxy) is 1. The van der Waals surface area contributed by atoms with Crippen LogP contribution < -0.4 is 4.74 Å². The lowest BCUT2D eigenvalue weighted by molar-refractivity contribution is 0.170. The van der Waals surface area contributed by atoms with Gasteiger partial charge in [-0.05, 0) is 43.0 Å². The molecule has 3 heteroatoms. The number of hydrogen-bond donors (Lipinski definition) is 0. The summed E-state index contributed by atoms with van der Waals surface area (Å²) < 4.78 is 5.81. The molecule has 1 atom stereocenters. The number of hydrogen-bond acceptors (Lipinski definition) is 2. The van der Waals surface area contributed by atoms with Gasteiger partial charge in [0, 0.05) is 13.1 Å². The van der Waals surface area contributed by atoms with Gasteiger partial charge in [0.05, 0.1) is 0 Å². The van der Waals surface area contributed by atoms with Crippen molar-refractivity contribution in [1.29, 1.82) is 0 Å². The number of nitrogens with zero attached hydrogens (tertiary/aromatic N) is 1. The van der Waals surface area contributed by atoms with E-state index in [1.165, 1.54) is 24.9 Å². The van der Waals surface area contributed by atoms with E-state index in [1.807, 2.05) is 30.3 Å². The molecule has 0 radical (unpaired) electrons. The van der Waals surface area contributed by atoms with Gasteiger partial charge in [-0.2, -0.15) is 0 Å². The summed E-state index contributed by atoms with van der Waals surface area (Å²) in [7, 11) is 0. The summed E-state index contributed by atoms with van der Waals surface area (Å²) in [5, 5.41) is 0. The molecule has 1 aliphatic rings. The maximum Gasteiger partial charge on any atom is 0.119 e. The van der Waals surface area contributed by atoms with Crippen LogP contribution in [-0.4, -0.2) is 31.1 Å². The molecule has 0 N–H and O–H groups in total. The highest BCUT2D eigenvalue weighted by Gasteiger charge is 2.20. The van der Waals surface area contributed by atoms with Crippen LogP contribution in [0.15, 0.2) is 60.7 Å². The van der Waals surface area contributed by atoms with Gasteiger partial charge >= 0.3 is 0 Å². The quantitative estimate of drug-likeness (QED) is 0.812. The van der Waals surface area contributed by atoms with Crippen molar-refractivity contribution in [3.05, 3.63) is 66.2 Å². The molecule has 22 heavy (non-hydrogen) atoms. The van der Waals surface area contributed by atoms with Crippen molar-refractivity contribution < 1.29 is 4.74 Å². The van der Waals surface area contributed by atoms with Crippen LogP contribution in [0.2, 0.25) is 0 Å². The van der Waals surface area contributed by atoms with Crippen molar-refractivity contribution in [3.8, 4) is 5.75 Å². The summed E-state index contributed by atoms with van der Waals surface area (Å²) in [6, 6.07) is 21.0. The van der Waals surface area contributed by atoms with Gasteiger partial charge in [0.2, 0.25) is 0 Å². The number of benzene rings is 2. The van der Waals surface area contributed by atoms with Crippen molar-refractivity contribution >= 4 is 12.4 Å². The predicted molar refractivity (Wildman–Crippen MR) is 94.0 cm³/mol. The molecule has 0 aliphatic carbocycles. The average molecular weight is 318 g/mol. The minimum atomic E-state index is 0. The molecular weight excluding hydrogens is 294 g/mol. The number of rotatable bonds is 5. The highest BCUT2D eigenvalue weighted by Crippen LogP contribution is 2.26. The van der Waals surface area contributed by atoms with E-state index in [1.54, 1.807) is 0 Å². The molecule has 2 aromatic carbocycles. The monoisotopic (exact) mass is 317 g/mol. The van der Waals surface area contributed by atoms with Gasteiger partial charge in [-0.1, -0.05) is 48.5 Å². The fraction of sp³-hybridized carbons (Fsp3) is 0.368. The van der Waals surface area contributed by atoms with E-state index < -0.39 is 0 Å². The van der Waals surface area contributed by atoms with E-state index >= 15 is 0 Å². The van der Waals surface area contributed by atoms with E-state index in [9.17, 15) is 0 Å². The molecule has 0 aromatic heterocycles. The predicted octanol–water partition coefficient (Wildman–Crippen LogP) is 4.37. The van der Waals surface area contributed by atoms with Crippen LogP contribution in [0.4, 0.5) is 0 Å². The zero-order valence-corrected chi connectivity index (χ0v) is 13.7. The normalized spacial score (nSPS) is 18.5. The lowest BCUT2D eigenvalue weighted by Crippen LogP contribution is -2.37. The molecule has 3 rings (SSSR count). The Balaban J connectivity index is 0.00000176. The molecule has 1 fully saturated rings. The Kier molecular flexibility index (Phi) is 6.75. The van der Waals surface area contributed by atoms with Gasteiger partial charge in [-0.25, -0.2) is 0 Å². The fourth-order valence-corrected chi connectivity index (χ4v) is 3.07. The topological polar surface area (TPSA) is 12.5 Å². The van der Waals surface area contributed by atoms with Crippen LogP contribution in [0.25, 0.3) is 0 Å². The summed E-state index contributed by atoms with van der Waals surface area (Å²) in [6.07, 6.45) is 2.59. The van der Waals surface area contributed by atoms with Gasteiger partial charge in [0.1, 0.15) is 12.4 Å². The Morgan fingerprint density at radius 1 is 0.955 bits per heavy atom. The second-order valence-corrected chi connectivity index (χ2v) is 5.71. The molecule has 118 valence electrons. The molecule has 2 aromatic rings. The van der Waals surface area contributed by atoms with E-state index in [4.69, 9.17) is 4.74 Å². The van der Waals surface area contributed by atoms with Gasteiger partial charge in [0.25, 0.3) is 0 Å². The standard InChI is InChI=1S/C19H23NO.ClH/c1-3-8-17(9-4-1)18-10-7-13-20(16-18)14-15-21-19-11-5-2-6-12-19;/h1-6,8-9,11-12,18H,7,10,13-16H2;1H. The van der Waals surface area contributed by atoms with Gasteiger partial charge in [-0.3, -0.25) is 4.90 Å². The van der Waals surface area contributed by atoms with Crippen molar-refractivity contribution in [1.82, 2.24) is 4.90 Å². The molecule has 0 amide bonds. The first-order chi connectivity index (χ1) is 10.4. The molecule has 1 heterocycles. The number of para-hydroxylation sites is 1. The van der Waals surface area contributed by atoms with Gasteiger partial charge in [0.15, 0.2) is 0 Å². The van der Waals surface area contributed by atoms with Crippen molar-refractivity contribution in [2.75, 3.05) is 26.2 Å². The second kappa shape index (κ2) is 8.82. The Bertz CT molecular complexity index is 532. The summed E-state index contributed by atoms with van der Waals surface area (Å²) in [5.41, 5.74) is 1.48. The number of piperidine rings is 1. The maximum absolute atomic E-state index is 5.81. The summed E-state index contributed by atoms with van der Waals surface area (Å²) in [6.45, 7) is 4.13. The molecule has 0 bridgehead atoms. The summed E-state index contributed by atoms with van der Waals surface area (Å²) >= 11 is 0. The van der Waals surface area contributed by atoms with Crippen molar-refractivity contribution in [2.24, 2.45) is 0 Å². The lowest BCUT2D eigenvalue weighted by Gasteiger charge is -2.32. The van der Waals surface area contributed by atoms with Crippen LogP contribution in [0.5, 0.6) is 5.75 Å². The third-order valence-electron chi connectivity index (χ3n) is 4.20. The highest BCUT2D eigenvalue weighted by atomic mass is 35.5. The van der Waals surface area contributed by atoms with E-state index in [0.29, 0.717) is 5.92 Å². The SMILES string of the molecule is Cl.c1ccc(OCCN2CCCC(c3ccccc3)C2)cc1. The minimum Gasteiger partial charge on any atom is -0.492 e. The van der Waals surface area contributed by atoms with Crippen LogP contribution in [0.1, 0.15) is 24.3 Å². The third kappa shape index (κ3) is 4.75. The molecular formula is C19H24ClNO. The Hall–Kier alpha value is -1.51. The van der Waals surface area contributed by atoms with Crippen LogP contribution in [0, 0.1) is 0 Å². The highest BCUT2D eigenvalue weighted by molar-refractivity contribution is 5.85. The molecule has 0 saturated carbocycles. The molecule has 2 nitrogen and oxygen atoms in total. The summed E-state index contributed by atoms with van der Waals surface area (Å²) in [5.74, 6) is 1.64. The van der Waals surface area contributed by atoms with Crippen molar-refractivity contribution in [3.63, 3.8) is 0 Å². The van der Waals surface area contributed by atoms with Crippen LogP contribution >= 0.6 is 12.4 Å². The third-order valence-corrected chi connectivity index (χ3v) is 4.20. The van der Waals surface area contributed by atoms with E-state index in [0.717, 1.165) is 25.4 Å². The first-order valence-corrected chi connectivity index (χ1v) is 7.87. The van der Waals surface area contributed by atoms with Gasteiger partial charge in [-0.15, -0.1) is 12.4 Å². The zero-order valence-electron chi connectivity index (χ0n) is 12.9. The summed E-state index contributed by atoms with van der Waals surface area (Å²) in [4.78, 5) is 2.53. The molecule has 0 spiro atoms. The average Bonchev–Trinajstić information content (AvgIpc) is 2.57. The molecule has 1 aliphatic heterocycles. The fourth-order valence-electron chi connectivity index (χ4n) is 3.07. The molecule has 1 saturated heterocycles. The Labute approximate surface area is 139 Å². The maximum atomic E-state index is 5.81. The van der Waals surface area contributed by atoms with Crippen molar-refractivity contribution in [2.45, 2.75) is 18.8 Å². The lowest BCUT2D eigenvalue weighted by atomic mass is 9.91. The van der Waals surface area contributed by atoms with Gasteiger partial charge < -0.3 is 4.74 Å². The Morgan fingerprint density at radius 3 is 2.36 bits per heavy atom. The van der Waals surface area contributed by atoms with Crippen LogP contribution in [-0.2, 0) is 0 Å². The zero-order chi connectivity index (χ0) is 14.3. The first kappa shape index (κ1) is 16.9. The number of halogens is 1. The number of likely N-dealkylation sites (tertiary alicyclic amines) is 1. The van der Waals surface area contributed by atoms with E-state index in [-0.39, 0.29) is 12.4 Å². The molecule has 1 unspecified atom stereocenters. The van der Waals surface area contributed by atoms with E-state index in [2.05, 4.69) is 35.2 Å².